The Balaban J connectivity index is 1.59. The molecule has 3 aliphatic rings. The van der Waals surface area contributed by atoms with Crippen molar-refractivity contribution in [3.63, 3.8) is 0 Å². The summed E-state index contributed by atoms with van der Waals surface area (Å²) in [6.45, 7) is 7.04. The molecule has 1 aromatic rings. The lowest BCUT2D eigenvalue weighted by molar-refractivity contribution is -0.229. The summed E-state index contributed by atoms with van der Waals surface area (Å²) >= 11 is 0. The Morgan fingerprint density at radius 2 is 1.58 bits per heavy atom. The Kier molecular flexibility index (Phi) is 4.09. The molecule has 0 radical (unpaired) electrons. The standard InChI is InChI=1S/C18H22FNO6/c1-17(2)23-11-12(24-17)14-16(26-18(3,4)25-14)22-13(11)15(21)20-10-8-6-5-7-9(10)19/h5-8,11-14,16H,1-4H3,(H,20,21)/t11-,12+,13+,14+,16+/m1/s1. The maximum atomic E-state index is 13.9. The lowest BCUT2D eigenvalue weighted by atomic mass is 9.98. The molecule has 0 spiro atoms. The largest absolute Gasteiger partial charge is 0.342 e. The number of anilines is 1. The minimum absolute atomic E-state index is 0.0712. The molecule has 8 heteroatoms. The number of ether oxygens (including phenoxy) is 5. The van der Waals surface area contributed by atoms with Crippen LogP contribution in [-0.4, -0.2) is 48.2 Å². The number of benzene rings is 1. The van der Waals surface area contributed by atoms with Crippen LogP contribution in [0.3, 0.4) is 0 Å². The second kappa shape index (κ2) is 5.97. The van der Waals surface area contributed by atoms with Crippen LogP contribution < -0.4 is 5.32 Å². The first-order valence-corrected chi connectivity index (χ1v) is 8.57. The van der Waals surface area contributed by atoms with E-state index >= 15 is 0 Å². The third-order valence-corrected chi connectivity index (χ3v) is 4.54. The van der Waals surface area contributed by atoms with E-state index in [2.05, 4.69) is 5.32 Å². The fraction of sp³-hybridized carbons (Fsp3) is 0.611. The number of fused-ring (bicyclic) bond motifs is 3. The van der Waals surface area contributed by atoms with Crippen LogP contribution in [0.15, 0.2) is 24.3 Å². The smallest absolute Gasteiger partial charge is 0.256 e. The maximum Gasteiger partial charge on any atom is 0.256 e. The van der Waals surface area contributed by atoms with Gasteiger partial charge in [0, 0.05) is 0 Å². The van der Waals surface area contributed by atoms with E-state index in [1.165, 1.54) is 12.1 Å². The lowest BCUT2D eigenvalue weighted by Crippen LogP contribution is -2.58. The topological polar surface area (TPSA) is 75.3 Å². The Labute approximate surface area is 150 Å². The van der Waals surface area contributed by atoms with Crippen LogP contribution in [0.25, 0.3) is 0 Å². The fourth-order valence-corrected chi connectivity index (χ4v) is 3.59. The summed E-state index contributed by atoms with van der Waals surface area (Å²) in [6, 6.07) is 5.93. The van der Waals surface area contributed by atoms with Gasteiger partial charge in [-0.1, -0.05) is 12.1 Å². The molecule has 0 bridgehead atoms. The highest BCUT2D eigenvalue weighted by Gasteiger charge is 2.62. The predicted molar refractivity (Wildman–Crippen MR) is 87.6 cm³/mol. The van der Waals surface area contributed by atoms with Gasteiger partial charge >= 0.3 is 0 Å². The van der Waals surface area contributed by atoms with E-state index in [0.29, 0.717) is 0 Å². The number of carbonyl (C=O) groups is 1. The van der Waals surface area contributed by atoms with E-state index < -0.39 is 54.0 Å². The van der Waals surface area contributed by atoms with Gasteiger partial charge in [0.2, 0.25) is 0 Å². The van der Waals surface area contributed by atoms with E-state index in [4.69, 9.17) is 23.7 Å². The second-order valence-corrected chi connectivity index (χ2v) is 7.56. The van der Waals surface area contributed by atoms with E-state index in [-0.39, 0.29) is 5.69 Å². The number of carbonyl (C=O) groups excluding carboxylic acids is 1. The monoisotopic (exact) mass is 367 g/mol. The van der Waals surface area contributed by atoms with Crippen molar-refractivity contribution in [2.45, 2.75) is 70.0 Å². The molecular formula is C18H22FNO6. The van der Waals surface area contributed by atoms with E-state index in [1.54, 1.807) is 39.8 Å². The Morgan fingerprint density at radius 3 is 2.31 bits per heavy atom. The van der Waals surface area contributed by atoms with Gasteiger partial charge in [0.25, 0.3) is 5.91 Å². The van der Waals surface area contributed by atoms with Gasteiger partial charge in [-0.05, 0) is 39.8 Å². The molecule has 1 N–H and O–H groups in total. The number of halogens is 1. The normalized spacial score (nSPS) is 37.0. The first kappa shape index (κ1) is 17.8. The summed E-state index contributed by atoms with van der Waals surface area (Å²) in [4.78, 5) is 12.8. The van der Waals surface area contributed by atoms with Crippen LogP contribution in [0.2, 0.25) is 0 Å². The molecule has 26 heavy (non-hydrogen) atoms. The summed E-state index contributed by atoms with van der Waals surface area (Å²) in [7, 11) is 0. The average molecular weight is 367 g/mol. The predicted octanol–water partition coefficient (Wildman–Crippen LogP) is 2.16. The molecule has 3 saturated heterocycles. The molecule has 5 atom stereocenters. The molecule has 3 heterocycles. The number of hydrogen-bond donors (Lipinski definition) is 1. The van der Waals surface area contributed by atoms with Gasteiger partial charge in [0.1, 0.15) is 24.1 Å². The molecule has 3 fully saturated rings. The summed E-state index contributed by atoms with van der Waals surface area (Å²) in [6.07, 6.45) is -3.56. The highest BCUT2D eigenvalue weighted by Crippen LogP contribution is 2.44. The van der Waals surface area contributed by atoms with Crippen LogP contribution in [0.4, 0.5) is 10.1 Å². The molecule has 4 rings (SSSR count). The van der Waals surface area contributed by atoms with Crippen LogP contribution in [0, 0.1) is 5.82 Å². The summed E-state index contributed by atoms with van der Waals surface area (Å²) in [5, 5.41) is 2.55. The Morgan fingerprint density at radius 1 is 0.962 bits per heavy atom. The second-order valence-electron chi connectivity index (χ2n) is 7.56. The highest BCUT2D eigenvalue weighted by molar-refractivity contribution is 5.95. The maximum absolute atomic E-state index is 13.9. The number of rotatable bonds is 2. The van der Waals surface area contributed by atoms with Gasteiger partial charge in [-0.2, -0.15) is 0 Å². The molecule has 0 saturated carbocycles. The van der Waals surface area contributed by atoms with Crippen molar-refractivity contribution in [2.24, 2.45) is 0 Å². The highest BCUT2D eigenvalue weighted by atomic mass is 19.1. The SMILES string of the molecule is CC1(C)O[C@@H]2O[C@H](C(=O)Nc3ccccc3F)[C@@H]3OC(C)(C)O[C@@H]3[C@@H]2O1. The number of nitrogens with one attached hydrogen (secondary N) is 1. The van der Waals surface area contributed by atoms with Crippen molar-refractivity contribution in [1.82, 2.24) is 0 Å². The average Bonchev–Trinajstić information content (AvgIpc) is 3.02. The third-order valence-electron chi connectivity index (χ3n) is 4.54. The summed E-state index contributed by atoms with van der Waals surface area (Å²) in [5.41, 5.74) is 0.0712. The lowest BCUT2D eigenvalue weighted by Gasteiger charge is -2.36. The molecule has 1 aromatic carbocycles. The van der Waals surface area contributed by atoms with Crippen LogP contribution in [-0.2, 0) is 28.5 Å². The van der Waals surface area contributed by atoms with Crippen molar-refractivity contribution in [3.05, 3.63) is 30.1 Å². The van der Waals surface area contributed by atoms with E-state index in [1.807, 2.05) is 0 Å². The molecular weight excluding hydrogens is 345 g/mol. The Bertz CT molecular complexity index is 723. The summed E-state index contributed by atoms with van der Waals surface area (Å²) in [5.74, 6) is -2.83. The van der Waals surface area contributed by atoms with Crippen LogP contribution in [0.1, 0.15) is 27.7 Å². The van der Waals surface area contributed by atoms with Crippen molar-refractivity contribution in [2.75, 3.05) is 5.32 Å². The zero-order valence-electron chi connectivity index (χ0n) is 15.0. The van der Waals surface area contributed by atoms with Gasteiger partial charge < -0.3 is 29.0 Å². The molecule has 0 unspecified atom stereocenters. The quantitative estimate of drug-likeness (QED) is 0.863. The molecule has 142 valence electrons. The van der Waals surface area contributed by atoms with Crippen molar-refractivity contribution >= 4 is 11.6 Å². The van der Waals surface area contributed by atoms with E-state index in [0.717, 1.165) is 0 Å². The summed E-state index contributed by atoms with van der Waals surface area (Å²) < 4.78 is 43.2. The van der Waals surface area contributed by atoms with Gasteiger partial charge in [-0.3, -0.25) is 4.79 Å². The molecule has 0 aromatic heterocycles. The van der Waals surface area contributed by atoms with Crippen molar-refractivity contribution < 1.29 is 32.9 Å². The first-order chi connectivity index (χ1) is 12.2. The van der Waals surface area contributed by atoms with Crippen LogP contribution >= 0.6 is 0 Å². The number of amides is 1. The van der Waals surface area contributed by atoms with Crippen molar-refractivity contribution in [1.29, 1.82) is 0 Å². The van der Waals surface area contributed by atoms with Gasteiger partial charge in [0.05, 0.1) is 5.69 Å². The minimum Gasteiger partial charge on any atom is -0.342 e. The number of para-hydroxylation sites is 1. The number of hydrogen-bond acceptors (Lipinski definition) is 6. The van der Waals surface area contributed by atoms with Crippen LogP contribution in [0.5, 0.6) is 0 Å². The van der Waals surface area contributed by atoms with E-state index in [9.17, 15) is 9.18 Å². The van der Waals surface area contributed by atoms with Gasteiger partial charge in [-0.15, -0.1) is 0 Å². The zero-order chi connectivity index (χ0) is 18.7. The van der Waals surface area contributed by atoms with Gasteiger partial charge in [0.15, 0.2) is 24.0 Å². The molecule has 1 amide bonds. The van der Waals surface area contributed by atoms with Crippen molar-refractivity contribution in [3.8, 4) is 0 Å². The van der Waals surface area contributed by atoms with Gasteiger partial charge in [-0.25, -0.2) is 4.39 Å². The fourth-order valence-electron chi connectivity index (χ4n) is 3.59. The zero-order valence-corrected chi connectivity index (χ0v) is 15.0. The molecule has 3 aliphatic heterocycles. The first-order valence-electron chi connectivity index (χ1n) is 8.57. The third kappa shape index (κ3) is 3.12. The molecule has 0 aliphatic carbocycles. The molecule has 7 nitrogen and oxygen atoms in total. The Hall–Kier alpha value is -1.58. The minimum atomic E-state index is -1.03.